The molecule has 0 fully saturated rings. The number of likely N-dealkylation sites (N-methyl/N-ethyl adjacent to an activating group) is 1. The lowest BCUT2D eigenvalue weighted by atomic mass is 10.2. The van der Waals surface area contributed by atoms with Crippen LogP contribution in [0, 0.1) is 0 Å². The minimum Gasteiger partial charge on any atom is -0.481 e. The summed E-state index contributed by atoms with van der Waals surface area (Å²) in [7, 11) is -1.56. The zero-order valence-corrected chi connectivity index (χ0v) is 14.8. The van der Waals surface area contributed by atoms with E-state index in [0.29, 0.717) is 10.8 Å². The van der Waals surface area contributed by atoms with Crippen molar-refractivity contribution in [1.82, 2.24) is 4.90 Å². The van der Waals surface area contributed by atoms with E-state index in [9.17, 15) is 13.2 Å². The summed E-state index contributed by atoms with van der Waals surface area (Å²) in [4.78, 5) is 13.7. The van der Waals surface area contributed by atoms with Gasteiger partial charge in [-0.1, -0.05) is 24.6 Å². The van der Waals surface area contributed by atoms with Crippen LogP contribution in [0.2, 0.25) is 5.02 Å². The summed E-state index contributed by atoms with van der Waals surface area (Å²) in [6, 6.07) is 6.36. The van der Waals surface area contributed by atoms with Crippen molar-refractivity contribution in [2.24, 2.45) is 0 Å². The normalized spacial score (nSPS) is 14.2. The maximum atomic E-state index is 12.3. The standard InChI is InChI=1S/C15H22ClNO4S/c1-5-22(19,20)10-11(2)17(4)15(18)12(3)21-14-8-6-7-13(16)9-14/h6-9,11-12H,5,10H2,1-4H3/t11-,12-/m1/s1. The highest BCUT2D eigenvalue weighted by atomic mass is 35.5. The molecular formula is C15H22ClNO4S. The Morgan fingerprint density at radius 1 is 1.36 bits per heavy atom. The fourth-order valence-electron chi connectivity index (χ4n) is 1.90. The second kappa shape index (κ2) is 7.83. The Labute approximate surface area is 137 Å². The molecule has 0 unspecified atom stereocenters. The van der Waals surface area contributed by atoms with Gasteiger partial charge in [0.25, 0.3) is 5.91 Å². The van der Waals surface area contributed by atoms with Crippen molar-refractivity contribution in [1.29, 1.82) is 0 Å². The van der Waals surface area contributed by atoms with E-state index in [1.807, 2.05) is 0 Å². The molecule has 7 heteroatoms. The fourth-order valence-corrected chi connectivity index (χ4v) is 3.27. The minimum absolute atomic E-state index is 0.0599. The van der Waals surface area contributed by atoms with Crippen molar-refractivity contribution in [3.8, 4) is 5.75 Å². The van der Waals surface area contributed by atoms with Gasteiger partial charge >= 0.3 is 0 Å². The molecule has 1 amide bonds. The smallest absolute Gasteiger partial charge is 0.263 e. The summed E-state index contributed by atoms with van der Waals surface area (Å²) >= 11 is 5.87. The predicted octanol–water partition coefficient (Wildman–Crippen LogP) is 2.39. The van der Waals surface area contributed by atoms with Crippen molar-refractivity contribution in [3.05, 3.63) is 29.3 Å². The largest absolute Gasteiger partial charge is 0.481 e. The zero-order chi connectivity index (χ0) is 16.9. The molecule has 0 aliphatic rings. The van der Waals surface area contributed by atoms with Gasteiger partial charge in [-0.2, -0.15) is 0 Å². The quantitative estimate of drug-likeness (QED) is 0.759. The van der Waals surface area contributed by atoms with E-state index < -0.39 is 22.0 Å². The molecular weight excluding hydrogens is 326 g/mol. The predicted molar refractivity (Wildman–Crippen MR) is 88.1 cm³/mol. The SMILES string of the molecule is CCS(=O)(=O)C[C@@H](C)N(C)C(=O)[C@@H](C)Oc1cccc(Cl)c1. The third kappa shape index (κ3) is 5.50. The summed E-state index contributed by atoms with van der Waals surface area (Å²) in [5.41, 5.74) is 0. The lowest BCUT2D eigenvalue weighted by molar-refractivity contribution is -0.138. The van der Waals surface area contributed by atoms with E-state index in [1.165, 1.54) is 4.90 Å². The van der Waals surface area contributed by atoms with E-state index in [0.717, 1.165) is 0 Å². The first kappa shape index (κ1) is 18.8. The van der Waals surface area contributed by atoms with E-state index in [4.69, 9.17) is 16.3 Å². The first-order valence-corrected chi connectivity index (χ1v) is 9.25. The van der Waals surface area contributed by atoms with Gasteiger partial charge in [-0.25, -0.2) is 8.42 Å². The van der Waals surface area contributed by atoms with Crippen molar-refractivity contribution in [2.45, 2.75) is 32.9 Å². The van der Waals surface area contributed by atoms with Crippen molar-refractivity contribution in [3.63, 3.8) is 0 Å². The number of hydrogen-bond donors (Lipinski definition) is 0. The summed E-state index contributed by atoms with van der Waals surface area (Å²) in [5, 5.41) is 0.521. The van der Waals surface area contributed by atoms with Crippen LogP contribution in [-0.4, -0.2) is 49.9 Å². The number of carbonyl (C=O) groups is 1. The monoisotopic (exact) mass is 347 g/mol. The average Bonchev–Trinajstić information content (AvgIpc) is 2.45. The Balaban J connectivity index is 2.69. The molecule has 0 spiro atoms. The Hall–Kier alpha value is -1.27. The molecule has 0 aromatic heterocycles. The van der Waals surface area contributed by atoms with Gasteiger partial charge in [0, 0.05) is 23.9 Å². The third-order valence-electron chi connectivity index (χ3n) is 3.40. The van der Waals surface area contributed by atoms with Crippen LogP contribution in [0.5, 0.6) is 5.75 Å². The maximum Gasteiger partial charge on any atom is 0.263 e. The maximum absolute atomic E-state index is 12.3. The van der Waals surface area contributed by atoms with Gasteiger partial charge in [0.15, 0.2) is 15.9 Å². The molecule has 0 saturated heterocycles. The van der Waals surface area contributed by atoms with Crippen molar-refractivity contribution < 1.29 is 17.9 Å². The van der Waals surface area contributed by atoms with Crippen LogP contribution < -0.4 is 4.74 Å². The zero-order valence-electron chi connectivity index (χ0n) is 13.2. The van der Waals surface area contributed by atoms with Gasteiger partial charge in [-0.3, -0.25) is 4.79 Å². The topological polar surface area (TPSA) is 63.7 Å². The number of hydrogen-bond acceptors (Lipinski definition) is 4. The number of carbonyl (C=O) groups excluding carboxylic acids is 1. The highest BCUT2D eigenvalue weighted by Gasteiger charge is 2.25. The van der Waals surface area contributed by atoms with Gasteiger partial charge in [0.05, 0.1) is 5.75 Å². The lowest BCUT2D eigenvalue weighted by Gasteiger charge is -2.27. The van der Waals surface area contributed by atoms with Gasteiger partial charge in [0.2, 0.25) is 0 Å². The Morgan fingerprint density at radius 3 is 2.55 bits per heavy atom. The van der Waals surface area contributed by atoms with Gasteiger partial charge < -0.3 is 9.64 Å². The summed E-state index contributed by atoms with van der Waals surface area (Å²) in [5.74, 6) is 0.221. The Bertz CT molecular complexity index is 618. The van der Waals surface area contributed by atoms with E-state index >= 15 is 0 Å². The molecule has 22 heavy (non-hydrogen) atoms. The first-order valence-electron chi connectivity index (χ1n) is 7.05. The van der Waals surface area contributed by atoms with Crippen LogP contribution >= 0.6 is 11.6 Å². The number of amides is 1. The molecule has 1 rings (SSSR count). The Morgan fingerprint density at radius 2 is 2.00 bits per heavy atom. The first-order chi connectivity index (χ1) is 10.2. The summed E-state index contributed by atoms with van der Waals surface area (Å²) in [6.45, 7) is 4.92. The molecule has 0 saturated carbocycles. The number of ether oxygens (including phenoxy) is 1. The third-order valence-corrected chi connectivity index (χ3v) is 5.51. The molecule has 0 aliphatic heterocycles. The van der Waals surface area contributed by atoms with Crippen LogP contribution in [0.25, 0.3) is 0 Å². The van der Waals surface area contributed by atoms with E-state index in [1.54, 1.807) is 52.1 Å². The number of benzene rings is 1. The molecule has 1 aromatic carbocycles. The van der Waals surface area contributed by atoms with E-state index in [-0.39, 0.29) is 17.4 Å². The molecule has 124 valence electrons. The highest BCUT2D eigenvalue weighted by Crippen LogP contribution is 2.19. The van der Waals surface area contributed by atoms with Gasteiger partial charge in [-0.05, 0) is 32.0 Å². The summed E-state index contributed by atoms with van der Waals surface area (Å²) in [6.07, 6.45) is -0.727. The van der Waals surface area contributed by atoms with Crippen molar-refractivity contribution >= 4 is 27.3 Å². The number of sulfone groups is 1. The molecule has 0 aliphatic carbocycles. The fraction of sp³-hybridized carbons (Fsp3) is 0.533. The van der Waals surface area contributed by atoms with E-state index in [2.05, 4.69) is 0 Å². The second-order valence-electron chi connectivity index (χ2n) is 5.21. The number of nitrogens with zero attached hydrogens (tertiary/aromatic N) is 1. The van der Waals surface area contributed by atoms with Crippen LogP contribution in [0.1, 0.15) is 20.8 Å². The summed E-state index contributed by atoms with van der Waals surface area (Å²) < 4.78 is 28.9. The number of halogens is 1. The minimum atomic E-state index is -3.14. The van der Waals surface area contributed by atoms with Crippen LogP contribution in [0.4, 0.5) is 0 Å². The van der Waals surface area contributed by atoms with Gasteiger partial charge in [-0.15, -0.1) is 0 Å². The van der Waals surface area contributed by atoms with Crippen LogP contribution in [0.15, 0.2) is 24.3 Å². The molecule has 5 nitrogen and oxygen atoms in total. The molecule has 0 heterocycles. The Kier molecular flexibility index (Phi) is 6.68. The average molecular weight is 348 g/mol. The molecule has 2 atom stereocenters. The molecule has 0 bridgehead atoms. The van der Waals surface area contributed by atoms with Crippen molar-refractivity contribution in [2.75, 3.05) is 18.6 Å². The van der Waals surface area contributed by atoms with Gasteiger partial charge in [0.1, 0.15) is 5.75 Å². The number of rotatable bonds is 7. The molecule has 0 N–H and O–H groups in total. The second-order valence-corrected chi connectivity index (χ2v) is 8.05. The molecule has 0 radical (unpaired) electrons. The highest BCUT2D eigenvalue weighted by molar-refractivity contribution is 7.91. The van der Waals surface area contributed by atoms with Crippen LogP contribution in [-0.2, 0) is 14.6 Å². The molecule has 1 aromatic rings. The lowest BCUT2D eigenvalue weighted by Crippen LogP contribution is -2.45. The van der Waals surface area contributed by atoms with Crippen LogP contribution in [0.3, 0.4) is 0 Å².